The van der Waals surface area contributed by atoms with E-state index in [1.54, 1.807) is 25.1 Å². The Morgan fingerprint density at radius 2 is 1.55 bits per heavy atom. The van der Waals surface area contributed by atoms with Crippen LogP contribution in [0.5, 0.6) is 5.75 Å². The maximum atomic E-state index is 14.0. The van der Waals surface area contributed by atoms with Gasteiger partial charge >= 0.3 is 29.8 Å². The van der Waals surface area contributed by atoms with Crippen LogP contribution < -0.4 is 20.9 Å². The Hall–Kier alpha value is -6.13. The highest BCUT2D eigenvalue weighted by atomic mass is 16.6. The van der Waals surface area contributed by atoms with Crippen LogP contribution >= 0.6 is 0 Å². The highest BCUT2D eigenvalue weighted by Gasteiger charge is 2.50. The third kappa shape index (κ3) is 7.41. The highest BCUT2D eigenvalue weighted by Crippen LogP contribution is 2.42. The van der Waals surface area contributed by atoms with Gasteiger partial charge in [-0.3, -0.25) is 33.6 Å². The lowest BCUT2D eigenvalue weighted by Crippen LogP contribution is -2.47. The molecular formula is C34H34N4O13. The Bertz CT molecular complexity index is 2050. The molecule has 2 amide bonds. The zero-order valence-electron chi connectivity index (χ0n) is 27.7. The van der Waals surface area contributed by atoms with E-state index < -0.39 is 78.8 Å². The molecule has 0 saturated heterocycles. The SMILES string of the molecule is CCc1c2c(nc3ccc(OC(=O)CCC(=O)NCC(=O)O)cc13)-c1cc3c(c(=O)n1C2)COC(=O)[C@@]3(CC)OC(=O)CCC(=O)NCC(=O)O. The largest absolute Gasteiger partial charge is 0.480 e. The van der Waals surface area contributed by atoms with Gasteiger partial charge in [0.1, 0.15) is 25.4 Å². The van der Waals surface area contributed by atoms with E-state index in [-0.39, 0.29) is 49.3 Å². The molecule has 3 aromatic rings. The zero-order valence-corrected chi connectivity index (χ0v) is 27.7. The molecule has 0 unspecified atom stereocenters. The van der Waals surface area contributed by atoms with Gasteiger partial charge in [-0.25, -0.2) is 9.78 Å². The number of hydrogen-bond acceptors (Lipinski definition) is 12. The molecule has 4 N–H and O–H groups in total. The monoisotopic (exact) mass is 706 g/mol. The van der Waals surface area contributed by atoms with Crippen molar-refractivity contribution >= 4 is 52.6 Å². The Morgan fingerprint density at radius 1 is 0.902 bits per heavy atom. The third-order valence-corrected chi connectivity index (χ3v) is 8.60. The number of rotatable bonds is 14. The molecule has 0 spiro atoms. The molecule has 4 heterocycles. The van der Waals surface area contributed by atoms with Crippen LogP contribution in [0.3, 0.4) is 0 Å². The minimum Gasteiger partial charge on any atom is -0.480 e. The lowest BCUT2D eigenvalue weighted by atomic mass is 9.85. The van der Waals surface area contributed by atoms with E-state index in [9.17, 15) is 38.4 Å². The van der Waals surface area contributed by atoms with Crippen molar-refractivity contribution in [3.05, 3.63) is 56.9 Å². The van der Waals surface area contributed by atoms with E-state index in [0.29, 0.717) is 28.7 Å². The Labute approximate surface area is 288 Å². The molecule has 2 aliphatic rings. The smallest absolute Gasteiger partial charge is 0.355 e. The summed E-state index contributed by atoms with van der Waals surface area (Å²) in [5, 5.41) is 22.4. The van der Waals surface area contributed by atoms with Crippen molar-refractivity contribution < 1.29 is 58.0 Å². The number of fused-ring (bicyclic) bond motifs is 5. The molecule has 5 rings (SSSR count). The molecule has 0 fully saturated rings. The second-order valence-corrected chi connectivity index (χ2v) is 11.8. The average molecular weight is 707 g/mol. The summed E-state index contributed by atoms with van der Waals surface area (Å²) >= 11 is 0. The first-order valence-corrected chi connectivity index (χ1v) is 16.1. The number of carboxylic acids is 2. The molecule has 268 valence electrons. The number of aromatic nitrogens is 2. The number of pyridine rings is 2. The number of cyclic esters (lactones) is 1. The molecule has 51 heavy (non-hydrogen) atoms. The number of ether oxygens (including phenoxy) is 3. The predicted octanol–water partition coefficient (Wildman–Crippen LogP) is 1.06. The number of nitrogens with zero attached hydrogens (tertiary/aromatic N) is 2. The van der Waals surface area contributed by atoms with Crippen molar-refractivity contribution in [3.8, 4) is 17.1 Å². The standard InChI is InChI=1S/C34H34N4O13/c1-3-18-19-11-17(50-29(45)9-7-25(39)35-13-27(41)42)5-6-23(19)37-31-20(18)15-38-24(31)12-22-21(32(38)47)16-49-33(48)34(22,4-2)51-30(46)10-8-26(40)36-14-28(43)44/h5-6,11-12H,3-4,7-10,13-16H2,1-2H3,(H,35,39)(H,36,40)(H,41,42)(H,43,44)/t34-/m0/s1. The van der Waals surface area contributed by atoms with Crippen molar-refractivity contribution in [2.75, 3.05) is 13.1 Å². The fraction of sp³-hybridized carbons (Fsp3) is 0.382. The number of benzene rings is 1. The van der Waals surface area contributed by atoms with Crippen molar-refractivity contribution in [1.82, 2.24) is 20.2 Å². The van der Waals surface area contributed by atoms with Crippen LogP contribution in [-0.4, -0.2) is 74.5 Å². The first-order chi connectivity index (χ1) is 24.3. The van der Waals surface area contributed by atoms with E-state index in [1.807, 2.05) is 6.92 Å². The number of esters is 3. The lowest BCUT2D eigenvalue weighted by molar-refractivity contribution is -0.189. The molecule has 0 aliphatic carbocycles. The Kier molecular flexibility index (Phi) is 10.5. The predicted molar refractivity (Wildman–Crippen MR) is 173 cm³/mol. The summed E-state index contributed by atoms with van der Waals surface area (Å²) in [7, 11) is 0. The first kappa shape index (κ1) is 36.2. The van der Waals surface area contributed by atoms with Crippen LogP contribution in [-0.2, 0) is 68.2 Å². The van der Waals surface area contributed by atoms with E-state index in [0.717, 1.165) is 11.1 Å². The summed E-state index contributed by atoms with van der Waals surface area (Å²) < 4.78 is 18.0. The van der Waals surface area contributed by atoms with E-state index in [2.05, 4.69) is 10.6 Å². The number of hydrogen-bond donors (Lipinski definition) is 4. The molecule has 0 bridgehead atoms. The van der Waals surface area contributed by atoms with Gasteiger partial charge in [-0.15, -0.1) is 0 Å². The summed E-state index contributed by atoms with van der Waals surface area (Å²) in [5.41, 5.74) is 0.737. The van der Waals surface area contributed by atoms with Crippen molar-refractivity contribution in [2.24, 2.45) is 0 Å². The number of nitrogens with one attached hydrogen (secondary N) is 2. The topological polar surface area (TPSA) is 247 Å². The van der Waals surface area contributed by atoms with E-state index in [1.165, 1.54) is 10.6 Å². The first-order valence-electron chi connectivity index (χ1n) is 16.1. The fourth-order valence-electron chi connectivity index (χ4n) is 6.15. The van der Waals surface area contributed by atoms with Crippen LogP contribution in [0.1, 0.15) is 68.2 Å². The molecule has 0 saturated carbocycles. The minimum absolute atomic E-state index is 0.0919. The zero-order chi connectivity index (χ0) is 37.0. The van der Waals surface area contributed by atoms with Crippen LogP contribution in [0.15, 0.2) is 29.1 Å². The second kappa shape index (κ2) is 14.8. The summed E-state index contributed by atoms with van der Waals surface area (Å²) in [6.45, 7) is 2.09. The normalized spacial score (nSPS) is 15.5. The molecule has 2 aromatic heterocycles. The number of carbonyl (C=O) groups excluding carboxylic acids is 5. The van der Waals surface area contributed by atoms with Crippen LogP contribution in [0.2, 0.25) is 0 Å². The summed E-state index contributed by atoms with van der Waals surface area (Å²) in [5.74, 6) is -6.09. The van der Waals surface area contributed by atoms with Gasteiger partial charge in [0, 0.05) is 29.4 Å². The Balaban J connectivity index is 1.44. The summed E-state index contributed by atoms with van der Waals surface area (Å²) in [6.07, 6.45) is -0.980. The third-order valence-electron chi connectivity index (χ3n) is 8.60. The highest BCUT2D eigenvalue weighted by molar-refractivity contribution is 5.92. The van der Waals surface area contributed by atoms with Gasteiger partial charge in [0.05, 0.1) is 41.9 Å². The number of carboxylic acid groups (broad SMARTS) is 2. The van der Waals surface area contributed by atoms with Crippen molar-refractivity contribution in [1.29, 1.82) is 0 Å². The van der Waals surface area contributed by atoms with Gasteiger partial charge in [-0.1, -0.05) is 13.8 Å². The van der Waals surface area contributed by atoms with Gasteiger partial charge in [0.15, 0.2) is 0 Å². The van der Waals surface area contributed by atoms with Gasteiger partial charge < -0.3 is 39.6 Å². The van der Waals surface area contributed by atoms with Crippen molar-refractivity contribution in [3.63, 3.8) is 0 Å². The van der Waals surface area contributed by atoms with Gasteiger partial charge in [0.25, 0.3) is 5.56 Å². The van der Waals surface area contributed by atoms with Crippen LogP contribution in [0, 0.1) is 0 Å². The fourth-order valence-corrected chi connectivity index (χ4v) is 6.15. The van der Waals surface area contributed by atoms with Crippen LogP contribution in [0.4, 0.5) is 0 Å². The molecule has 0 radical (unpaired) electrons. The summed E-state index contributed by atoms with van der Waals surface area (Å²) in [6, 6.07) is 6.40. The minimum atomic E-state index is -1.99. The molecule has 1 atom stereocenters. The molecule has 2 aliphatic heterocycles. The van der Waals surface area contributed by atoms with E-state index >= 15 is 0 Å². The maximum Gasteiger partial charge on any atom is 0.355 e. The van der Waals surface area contributed by atoms with Crippen LogP contribution in [0.25, 0.3) is 22.3 Å². The quantitative estimate of drug-likeness (QED) is 0.106. The molecule has 17 heteroatoms. The van der Waals surface area contributed by atoms with Gasteiger partial charge in [-0.05, 0) is 42.7 Å². The van der Waals surface area contributed by atoms with Crippen molar-refractivity contribution in [2.45, 2.75) is 71.1 Å². The number of carbonyl (C=O) groups is 7. The van der Waals surface area contributed by atoms with Gasteiger partial charge in [-0.2, -0.15) is 0 Å². The Morgan fingerprint density at radius 3 is 2.16 bits per heavy atom. The van der Waals surface area contributed by atoms with Gasteiger partial charge in [0.2, 0.25) is 17.4 Å². The lowest BCUT2D eigenvalue weighted by Gasteiger charge is -2.35. The molecular weight excluding hydrogens is 672 g/mol. The number of aliphatic carboxylic acids is 2. The molecule has 17 nitrogen and oxygen atoms in total. The summed E-state index contributed by atoms with van der Waals surface area (Å²) in [4.78, 5) is 103. The second-order valence-electron chi connectivity index (χ2n) is 11.8. The average Bonchev–Trinajstić information content (AvgIpc) is 3.46. The number of amides is 2. The van der Waals surface area contributed by atoms with E-state index in [4.69, 9.17) is 29.4 Å². The maximum absolute atomic E-state index is 14.0. The molecule has 1 aromatic carbocycles. The number of aryl methyl sites for hydroxylation is 1.